The Bertz CT molecular complexity index is 725. The SMILES string of the molecule is CN(C)S(=O)(=O)c1cc(C(=O)NC2CCCCCCC2C(=O)O)co1. The molecule has 1 heterocycles. The summed E-state index contributed by atoms with van der Waals surface area (Å²) < 4.78 is 30.0. The molecule has 2 atom stereocenters. The van der Waals surface area contributed by atoms with E-state index >= 15 is 0 Å². The highest BCUT2D eigenvalue weighted by molar-refractivity contribution is 7.88. The van der Waals surface area contributed by atoms with E-state index in [1.54, 1.807) is 0 Å². The molecule has 0 radical (unpaired) electrons. The molecule has 1 saturated carbocycles. The molecule has 8 nitrogen and oxygen atoms in total. The van der Waals surface area contributed by atoms with Crippen LogP contribution >= 0.6 is 0 Å². The van der Waals surface area contributed by atoms with Crippen LogP contribution in [0, 0.1) is 5.92 Å². The third-order valence-corrected chi connectivity index (χ3v) is 6.16. The second-order valence-corrected chi connectivity index (χ2v) is 8.54. The summed E-state index contributed by atoms with van der Waals surface area (Å²) in [5.74, 6) is -2.09. The van der Waals surface area contributed by atoms with E-state index in [0.29, 0.717) is 12.8 Å². The molecule has 1 fully saturated rings. The van der Waals surface area contributed by atoms with Crippen molar-refractivity contribution in [3.8, 4) is 0 Å². The number of nitrogens with one attached hydrogen (secondary N) is 1. The van der Waals surface area contributed by atoms with E-state index in [9.17, 15) is 23.1 Å². The first-order chi connectivity index (χ1) is 11.7. The molecule has 25 heavy (non-hydrogen) atoms. The summed E-state index contributed by atoms with van der Waals surface area (Å²) in [6.45, 7) is 0. The van der Waals surface area contributed by atoms with Crippen molar-refractivity contribution < 1.29 is 27.5 Å². The average Bonchev–Trinajstić information content (AvgIpc) is 3.00. The smallest absolute Gasteiger partial charge is 0.308 e. The van der Waals surface area contributed by atoms with Crippen molar-refractivity contribution in [1.29, 1.82) is 0 Å². The Labute approximate surface area is 147 Å². The zero-order chi connectivity index (χ0) is 18.6. The molecular weight excluding hydrogens is 348 g/mol. The third-order valence-electron chi connectivity index (χ3n) is 4.47. The van der Waals surface area contributed by atoms with Gasteiger partial charge in [0, 0.05) is 26.2 Å². The molecule has 1 aliphatic carbocycles. The van der Waals surface area contributed by atoms with Crippen LogP contribution in [-0.4, -0.2) is 49.8 Å². The highest BCUT2D eigenvalue weighted by Crippen LogP contribution is 2.24. The van der Waals surface area contributed by atoms with Gasteiger partial charge in [0.1, 0.15) is 6.26 Å². The van der Waals surface area contributed by atoms with Crippen molar-refractivity contribution in [1.82, 2.24) is 9.62 Å². The highest BCUT2D eigenvalue weighted by atomic mass is 32.2. The zero-order valence-corrected chi connectivity index (χ0v) is 15.2. The van der Waals surface area contributed by atoms with Gasteiger partial charge in [0.2, 0.25) is 5.09 Å². The van der Waals surface area contributed by atoms with Crippen molar-refractivity contribution in [2.45, 2.75) is 49.7 Å². The third kappa shape index (κ3) is 4.60. The van der Waals surface area contributed by atoms with Gasteiger partial charge >= 0.3 is 5.97 Å². The monoisotopic (exact) mass is 372 g/mol. The summed E-state index contributed by atoms with van der Waals surface area (Å²) in [5, 5.41) is 11.8. The molecule has 0 saturated heterocycles. The second-order valence-electron chi connectivity index (χ2n) is 6.46. The van der Waals surface area contributed by atoms with Crippen LogP contribution in [-0.2, 0) is 14.8 Å². The van der Waals surface area contributed by atoms with Crippen LogP contribution < -0.4 is 5.32 Å². The van der Waals surface area contributed by atoms with Gasteiger partial charge in [-0.1, -0.05) is 25.7 Å². The largest absolute Gasteiger partial charge is 0.481 e. The fourth-order valence-electron chi connectivity index (χ4n) is 2.96. The molecule has 1 aliphatic rings. The molecule has 140 valence electrons. The molecular formula is C16H24N2O6S. The van der Waals surface area contributed by atoms with E-state index in [1.807, 2.05) is 0 Å². The second kappa shape index (κ2) is 8.01. The molecule has 1 amide bonds. The van der Waals surface area contributed by atoms with Gasteiger partial charge in [-0.15, -0.1) is 0 Å². The number of rotatable bonds is 5. The van der Waals surface area contributed by atoms with E-state index < -0.39 is 33.9 Å². The summed E-state index contributed by atoms with van der Waals surface area (Å²) >= 11 is 0. The Hall–Kier alpha value is -1.87. The maximum Gasteiger partial charge on any atom is 0.308 e. The Morgan fingerprint density at radius 1 is 1.20 bits per heavy atom. The Morgan fingerprint density at radius 2 is 1.84 bits per heavy atom. The number of nitrogens with zero attached hydrogens (tertiary/aromatic N) is 1. The molecule has 0 aromatic carbocycles. The summed E-state index contributed by atoms with van der Waals surface area (Å²) in [6, 6.07) is 0.678. The lowest BCUT2D eigenvalue weighted by Crippen LogP contribution is -2.43. The van der Waals surface area contributed by atoms with Crippen molar-refractivity contribution >= 4 is 21.9 Å². The molecule has 0 spiro atoms. The number of aliphatic carboxylic acids is 1. The van der Waals surface area contributed by atoms with Crippen LogP contribution in [0.15, 0.2) is 21.8 Å². The molecule has 0 bridgehead atoms. The predicted molar refractivity (Wildman–Crippen MR) is 89.7 cm³/mol. The summed E-state index contributed by atoms with van der Waals surface area (Å²) in [5.41, 5.74) is 0.0617. The van der Waals surface area contributed by atoms with Crippen LogP contribution in [0.1, 0.15) is 48.9 Å². The van der Waals surface area contributed by atoms with Crippen LogP contribution in [0.4, 0.5) is 0 Å². The van der Waals surface area contributed by atoms with Crippen LogP contribution in [0.2, 0.25) is 0 Å². The van der Waals surface area contributed by atoms with Gasteiger partial charge in [-0.3, -0.25) is 9.59 Å². The Kier molecular flexibility index (Phi) is 6.23. The quantitative estimate of drug-likeness (QED) is 0.812. The van der Waals surface area contributed by atoms with Gasteiger partial charge in [0.05, 0.1) is 11.5 Å². The number of furan rings is 1. The zero-order valence-electron chi connectivity index (χ0n) is 14.4. The van der Waals surface area contributed by atoms with Crippen molar-refractivity contribution in [2.24, 2.45) is 5.92 Å². The highest BCUT2D eigenvalue weighted by Gasteiger charge is 2.31. The van der Waals surface area contributed by atoms with Crippen LogP contribution in [0.5, 0.6) is 0 Å². The number of amides is 1. The van der Waals surface area contributed by atoms with Crippen molar-refractivity contribution in [2.75, 3.05) is 14.1 Å². The van der Waals surface area contributed by atoms with Gasteiger partial charge in [-0.05, 0) is 12.8 Å². The molecule has 9 heteroatoms. The standard InChI is InChI=1S/C16H24N2O6S/c1-18(2)25(22,23)14-9-11(10-24-14)15(19)17-13-8-6-4-3-5-7-12(13)16(20)21/h9-10,12-13H,3-8H2,1-2H3,(H,17,19)(H,20,21). The molecule has 2 rings (SSSR count). The molecule has 1 aromatic rings. The van der Waals surface area contributed by atoms with Crippen molar-refractivity contribution in [3.05, 3.63) is 17.9 Å². The number of hydrogen-bond donors (Lipinski definition) is 2. The fourth-order valence-corrected chi connectivity index (χ4v) is 3.76. The van der Waals surface area contributed by atoms with Crippen LogP contribution in [0.3, 0.4) is 0 Å². The van der Waals surface area contributed by atoms with E-state index in [4.69, 9.17) is 4.42 Å². The minimum Gasteiger partial charge on any atom is -0.481 e. The number of carbonyl (C=O) groups is 2. The first-order valence-electron chi connectivity index (χ1n) is 8.28. The Morgan fingerprint density at radius 3 is 2.44 bits per heavy atom. The minimum atomic E-state index is -3.76. The molecule has 1 aromatic heterocycles. The van der Waals surface area contributed by atoms with Gasteiger partial charge in [0.25, 0.3) is 15.9 Å². The number of hydrogen-bond acceptors (Lipinski definition) is 5. The number of carboxylic acid groups (broad SMARTS) is 1. The normalized spacial score (nSPS) is 22.2. The number of carbonyl (C=O) groups excluding carboxylic acids is 1. The molecule has 2 unspecified atom stereocenters. The number of carboxylic acids is 1. The fraction of sp³-hybridized carbons (Fsp3) is 0.625. The van der Waals surface area contributed by atoms with E-state index in [0.717, 1.165) is 42.3 Å². The lowest BCUT2D eigenvalue weighted by molar-refractivity contribution is -0.143. The molecule has 2 N–H and O–H groups in total. The average molecular weight is 372 g/mol. The first-order valence-corrected chi connectivity index (χ1v) is 9.72. The summed E-state index contributed by atoms with van der Waals surface area (Å²) in [6.07, 6.45) is 5.86. The van der Waals surface area contributed by atoms with E-state index in [2.05, 4.69) is 5.32 Å². The van der Waals surface area contributed by atoms with Gasteiger partial charge in [0.15, 0.2) is 0 Å². The van der Waals surface area contributed by atoms with Gasteiger partial charge in [-0.25, -0.2) is 12.7 Å². The first kappa shape index (κ1) is 19.5. The summed E-state index contributed by atoms with van der Waals surface area (Å²) in [4.78, 5) is 23.9. The van der Waals surface area contributed by atoms with E-state index in [1.165, 1.54) is 14.1 Å². The Balaban J connectivity index is 2.14. The topological polar surface area (TPSA) is 117 Å². The lowest BCUT2D eigenvalue weighted by atomic mass is 9.86. The maximum atomic E-state index is 12.4. The van der Waals surface area contributed by atoms with Crippen LogP contribution in [0.25, 0.3) is 0 Å². The lowest BCUT2D eigenvalue weighted by Gasteiger charge is -2.27. The van der Waals surface area contributed by atoms with Gasteiger partial charge in [-0.2, -0.15) is 0 Å². The number of sulfonamides is 1. The molecule has 0 aliphatic heterocycles. The minimum absolute atomic E-state index is 0.0617. The van der Waals surface area contributed by atoms with Crippen molar-refractivity contribution in [3.63, 3.8) is 0 Å². The maximum absolute atomic E-state index is 12.4. The predicted octanol–water partition coefficient (Wildman–Crippen LogP) is 1.68. The van der Waals surface area contributed by atoms with Gasteiger partial charge < -0.3 is 14.8 Å². The summed E-state index contributed by atoms with van der Waals surface area (Å²) in [7, 11) is -1.04. The van der Waals surface area contributed by atoms with E-state index in [-0.39, 0.29) is 10.7 Å².